The lowest BCUT2D eigenvalue weighted by Crippen LogP contribution is -2.57. The molecule has 222 valence electrons. The minimum absolute atomic E-state index is 0.116. The lowest BCUT2D eigenvalue weighted by atomic mass is 9.99. The highest BCUT2D eigenvalue weighted by Crippen LogP contribution is 2.30. The Morgan fingerprint density at radius 3 is 2.57 bits per heavy atom. The molecule has 5 rings (SSSR count). The molecule has 3 heterocycles. The average Bonchev–Trinajstić information content (AvgIpc) is 3.56. The summed E-state index contributed by atoms with van der Waals surface area (Å²) in [7, 11) is 0. The monoisotopic (exact) mass is 572 g/mol. The van der Waals surface area contributed by atoms with Gasteiger partial charge in [-0.3, -0.25) is 14.4 Å². The van der Waals surface area contributed by atoms with Crippen molar-refractivity contribution in [2.24, 2.45) is 5.73 Å². The molecule has 1 saturated heterocycles. The highest BCUT2D eigenvalue weighted by atomic mass is 16.5. The second kappa shape index (κ2) is 12.4. The topological polar surface area (TPSA) is 135 Å². The number of hydrogen-bond acceptors (Lipinski definition) is 6. The minimum atomic E-state index is -1.12. The van der Waals surface area contributed by atoms with E-state index < -0.39 is 11.6 Å². The third-order valence-corrected chi connectivity index (χ3v) is 7.96. The Labute approximate surface area is 245 Å². The number of carbonyl (C=O) groups is 3. The van der Waals surface area contributed by atoms with Crippen LogP contribution in [0.2, 0.25) is 0 Å². The summed E-state index contributed by atoms with van der Waals surface area (Å²) in [5.41, 5.74) is 8.82. The molecule has 1 aliphatic rings. The minimum Gasteiger partial charge on any atom is -0.466 e. The van der Waals surface area contributed by atoms with E-state index in [0.717, 1.165) is 46.2 Å². The zero-order valence-electron chi connectivity index (χ0n) is 24.6. The van der Waals surface area contributed by atoms with Gasteiger partial charge in [0.05, 0.1) is 29.6 Å². The fourth-order valence-corrected chi connectivity index (χ4v) is 5.75. The van der Waals surface area contributed by atoms with Crippen molar-refractivity contribution < 1.29 is 19.1 Å². The molecule has 0 saturated carbocycles. The number of aryl methyl sites for hydroxylation is 1. The number of hydrogen-bond donors (Lipinski definition) is 3. The van der Waals surface area contributed by atoms with Crippen molar-refractivity contribution >= 4 is 39.7 Å². The van der Waals surface area contributed by atoms with E-state index >= 15 is 0 Å². The number of H-pyrrole nitrogens is 1. The van der Waals surface area contributed by atoms with Gasteiger partial charge in [-0.2, -0.15) is 0 Å². The van der Waals surface area contributed by atoms with Crippen molar-refractivity contribution in [2.45, 2.75) is 70.5 Å². The van der Waals surface area contributed by atoms with E-state index in [4.69, 9.17) is 15.5 Å². The number of benzene rings is 2. The molecule has 1 aliphatic heterocycles. The zero-order chi connectivity index (χ0) is 29.9. The van der Waals surface area contributed by atoms with Gasteiger partial charge < -0.3 is 30.2 Å². The van der Waals surface area contributed by atoms with E-state index in [1.54, 1.807) is 20.8 Å². The standard InChI is InChI=1S/C32H40N6O4/c1-4-42-29(39)14-13-28-35-25-11-7-8-12-27(25)38(28)22-15-17-37(18-16-22)30(40)26(36-31(41)32(2,3)33)19-21-20-34-24-10-6-5-9-23(21)24/h5-12,20,22,26,34H,4,13-19,33H2,1-3H3,(H,36,41)/t26-/m1/s1. The number of aromatic amines is 1. The Kier molecular flexibility index (Phi) is 8.63. The van der Waals surface area contributed by atoms with Crippen LogP contribution in [0.25, 0.3) is 21.9 Å². The fourth-order valence-electron chi connectivity index (χ4n) is 5.75. The molecule has 0 bridgehead atoms. The van der Waals surface area contributed by atoms with Crippen LogP contribution in [0.5, 0.6) is 0 Å². The summed E-state index contributed by atoms with van der Waals surface area (Å²) in [6, 6.07) is 15.3. The molecule has 2 aromatic carbocycles. The summed E-state index contributed by atoms with van der Waals surface area (Å²) in [4.78, 5) is 48.9. The van der Waals surface area contributed by atoms with E-state index in [0.29, 0.717) is 32.5 Å². The van der Waals surface area contributed by atoms with Crippen LogP contribution in [-0.4, -0.2) is 68.5 Å². The summed E-state index contributed by atoms with van der Waals surface area (Å²) in [6.07, 6.45) is 4.47. The van der Waals surface area contributed by atoms with Crippen LogP contribution < -0.4 is 11.1 Å². The van der Waals surface area contributed by atoms with E-state index in [-0.39, 0.29) is 30.2 Å². The quantitative estimate of drug-likeness (QED) is 0.248. The number of rotatable bonds is 10. The first kappa shape index (κ1) is 29.3. The lowest BCUT2D eigenvalue weighted by molar-refractivity contribution is -0.143. The van der Waals surface area contributed by atoms with Gasteiger partial charge in [0.1, 0.15) is 11.9 Å². The van der Waals surface area contributed by atoms with Gasteiger partial charge in [-0.05, 0) is 57.4 Å². The predicted molar refractivity (Wildman–Crippen MR) is 162 cm³/mol. The zero-order valence-corrected chi connectivity index (χ0v) is 24.6. The summed E-state index contributed by atoms with van der Waals surface area (Å²) >= 11 is 0. The number of amides is 2. The van der Waals surface area contributed by atoms with Crippen molar-refractivity contribution in [3.63, 3.8) is 0 Å². The smallest absolute Gasteiger partial charge is 0.306 e. The van der Waals surface area contributed by atoms with Gasteiger partial charge in [-0.1, -0.05) is 30.3 Å². The number of nitrogens with one attached hydrogen (secondary N) is 2. The number of nitrogens with two attached hydrogens (primary N) is 1. The summed E-state index contributed by atoms with van der Waals surface area (Å²) in [5, 5.41) is 3.96. The number of fused-ring (bicyclic) bond motifs is 2. The maximum Gasteiger partial charge on any atom is 0.306 e. The molecular formula is C32H40N6O4. The van der Waals surface area contributed by atoms with Crippen molar-refractivity contribution in [2.75, 3.05) is 19.7 Å². The van der Waals surface area contributed by atoms with Crippen molar-refractivity contribution in [1.82, 2.24) is 24.8 Å². The van der Waals surface area contributed by atoms with Gasteiger partial charge in [0.2, 0.25) is 11.8 Å². The van der Waals surface area contributed by atoms with Gasteiger partial charge in [0.15, 0.2) is 0 Å². The SMILES string of the molecule is CCOC(=O)CCc1nc2ccccc2n1C1CCN(C(=O)[C@@H](Cc2c[nH]c3ccccc23)NC(=O)C(C)(C)N)CC1. The number of carbonyl (C=O) groups excluding carboxylic acids is 3. The Hall–Kier alpha value is -4.18. The summed E-state index contributed by atoms with van der Waals surface area (Å²) < 4.78 is 7.37. The van der Waals surface area contributed by atoms with Gasteiger partial charge in [0.25, 0.3) is 0 Å². The van der Waals surface area contributed by atoms with Gasteiger partial charge >= 0.3 is 5.97 Å². The Balaban J connectivity index is 1.33. The number of imidazole rings is 1. The van der Waals surface area contributed by atoms with Crippen molar-refractivity contribution in [1.29, 1.82) is 0 Å². The fraction of sp³-hybridized carbons (Fsp3) is 0.438. The first-order chi connectivity index (χ1) is 20.2. The van der Waals surface area contributed by atoms with Crippen LogP contribution >= 0.6 is 0 Å². The van der Waals surface area contributed by atoms with Crippen LogP contribution in [0.4, 0.5) is 0 Å². The Morgan fingerprint density at radius 2 is 1.83 bits per heavy atom. The molecule has 4 N–H and O–H groups in total. The summed E-state index contributed by atoms with van der Waals surface area (Å²) in [5.74, 6) is 0.130. The van der Waals surface area contributed by atoms with E-state index in [9.17, 15) is 14.4 Å². The van der Waals surface area contributed by atoms with E-state index in [2.05, 4.69) is 20.9 Å². The molecule has 0 unspecified atom stereocenters. The third kappa shape index (κ3) is 6.33. The number of likely N-dealkylation sites (tertiary alicyclic amines) is 1. The second-order valence-electron chi connectivity index (χ2n) is 11.6. The first-order valence-electron chi connectivity index (χ1n) is 14.7. The van der Waals surface area contributed by atoms with Crippen LogP contribution in [0.1, 0.15) is 57.5 Å². The summed E-state index contributed by atoms with van der Waals surface area (Å²) in [6.45, 7) is 6.51. The van der Waals surface area contributed by atoms with E-state index in [1.165, 1.54) is 0 Å². The first-order valence-corrected chi connectivity index (χ1v) is 14.7. The molecule has 10 heteroatoms. The van der Waals surface area contributed by atoms with Crippen LogP contribution in [0, 0.1) is 0 Å². The average molecular weight is 573 g/mol. The van der Waals surface area contributed by atoms with Crippen molar-refractivity contribution in [3.05, 3.63) is 66.1 Å². The highest BCUT2D eigenvalue weighted by molar-refractivity contribution is 5.92. The molecule has 42 heavy (non-hydrogen) atoms. The maximum atomic E-state index is 13.9. The van der Waals surface area contributed by atoms with Gasteiger partial charge in [-0.25, -0.2) is 4.98 Å². The second-order valence-corrected chi connectivity index (χ2v) is 11.6. The molecule has 1 fully saturated rings. The molecule has 2 amide bonds. The molecule has 0 aliphatic carbocycles. The number of para-hydroxylation sites is 3. The Morgan fingerprint density at radius 1 is 1.12 bits per heavy atom. The molecule has 0 radical (unpaired) electrons. The number of esters is 1. The molecular weight excluding hydrogens is 532 g/mol. The van der Waals surface area contributed by atoms with Crippen molar-refractivity contribution in [3.8, 4) is 0 Å². The molecule has 2 aromatic heterocycles. The van der Waals surface area contributed by atoms with Crippen LogP contribution in [0.15, 0.2) is 54.7 Å². The molecule has 0 spiro atoms. The lowest BCUT2D eigenvalue weighted by Gasteiger charge is -2.36. The molecule has 1 atom stereocenters. The number of piperidine rings is 1. The third-order valence-electron chi connectivity index (χ3n) is 7.96. The predicted octanol–water partition coefficient (Wildman–Crippen LogP) is 3.64. The number of aromatic nitrogens is 3. The normalized spacial score (nSPS) is 15.2. The van der Waals surface area contributed by atoms with Crippen LogP contribution in [0.3, 0.4) is 0 Å². The highest BCUT2D eigenvalue weighted by Gasteiger charge is 2.34. The van der Waals surface area contributed by atoms with Crippen LogP contribution in [-0.2, 0) is 32.0 Å². The van der Waals surface area contributed by atoms with Gasteiger partial charge in [-0.15, -0.1) is 0 Å². The largest absolute Gasteiger partial charge is 0.466 e. The maximum absolute atomic E-state index is 13.9. The Bertz CT molecular complexity index is 1570. The van der Waals surface area contributed by atoms with Gasteiger partial charge in [0, 0.05) is 49.1 Å². The number of nitrogens with zero attached hydrogens (tertiary/aromatic N) is 3. The number of ether oxygens (including phenoxy) is 1. The molecule has 10 nitrogen and oxygen atoms in total. The van der Waals surface area contributed by atoms with E-state index in [1.807, 2.05) is 53.6 Å². The molecule has 4 aromatic rings.